The van der Waals surface area contributed by atoms with Crippen molar-refractivity contribution < 1.29 is 9.90 Å². The number of hydrogen-bond donors (Lipinski definition) is 1. The molecule has 0 saturated carbocycles. The highest BCUT2D eigenvalue weighted by Crippen LogP contribution is 2.28. The smallest absolute Gasteiger partial charge is 0.335 e. The SMILES string of the molecule is CC(C)c1cn(CCN2CCCC2)c2ccc(C(=O)O)cc12. The van der Waals surface area contributed by atoms with Gasteiger partial charge < -0.3 is 14.6 Å². The molecule has 2 aromatic rings. The van der Waals surface area contributed by atoms with Crippen LogP contribution in [-0.4, -0.2) is 40.2 Å². The number of hydrogen-bond acceptors (Lipinski definition) is 2. The van der Waals surface area contributed by atoms with Crippen LogP contribution in [0.3, 0.4) is 0 Å². The summed E-state index contributed by atoms with van der Waals surface area (Å²) in [6.07, 6.45) is 4.83. The van der Waals surface area contributed by atoms with Crippen LogP contribution in [0.15, 0.2) is 24.4 Å². The second-order valence-corrected chi connectivity index (χ2v) is 6.52. The van der Waals surface area contributed by atoms with E-state index in [0.717, 1.165) is 24.0 Å². The third-order valence-corrected chi connectivity index (χ3v) is 4.64. The molecule has 4 nitrogen and oxygen atoms in total. The van der Waals surface area contributed by atoms with Gasteiger partial charge in [0.15, 0.2) is 0 Å². The predicted octanol–water partition coefficient (Wildman–Crippen LogP) is 3.56. The average molecular weight is 300 g/mol. The van der Waals surface area contributed by atoms with Gasteiger partial charge in [-0.05, 0) is 55.6 Å². The lowest BCUT2D eigenvalue weighted by Gasteiger charge is -2.15. The summed E-state index contributed by atoms with van der Waals surface area (Å²) in [5, 5.41) is 10.3. The second-order valence-electron chi connectivity index (χ2n) is 6.52. The fourth-order valence-electron chi connectivity index (χ4n) is 3.36. The molecule has 0 unspecified atom stereocenters. The minimum absolute atomic E-state index is 0.367. The maximum Gasteiger partial charge on any atom is 0.335 e. The molecule has 0 spiro atoms. The van der Waals surface area contributed by atoms with Gasteiger partial charge in [0.1, 0.15) is 0 Å². The van der Waals surface area contributed by atoms with Crippen LogP contribution in [0.4, 0.5) is 0 Å². The van der Waals surface area contributed by atoms with Crippen LogP contribution in [0.2, 0.25) is 0 Å². The van der Waals surface area contributed by atoms with Gasteiger partial charge >= 0.3 is 5.97 Å². The van der Waals surface area contributed by atoms with Gasteiger partial charge in [0, 0.05) is 30.2 Å². The third kappa shape index (κ3) is 2.88. The van der Waals surface area contributed by atoms with Gasteiger partial charge in [-0.1, -0.05) is 13.8 Å². The fourth-order valence-corrected chi connectivity index (χ4v) is 3.36. The topological polar surface area (TPSA) is 45.5 Å². The first kappa shape index (κ1) is 15.1. The minimum atomic E-state index is -0.860. The van der Waals surface area contributed by atoms with E-state index in [-0.39, 0.29) is 0 Å². The lowest BCUT2D eigenvalue weighted by Crippen LogP contribution is -2.23. The lowest BCUT2D eigenvalue weighted by molar-refractivity contribution is 0.0697. The third-order valence-electron chi connectivity index (χ3n) is 4.64. The first-order chi connectivity index (χ1) is 10.6. The Bertz CT molecular complexity index is 682. The molecule has 1 aliphatic rings. The van der Waals surface area contributed by atoms with Gasteiger partial charge in [0.2, 0.25) is 0 Å². The Morgan fingerprint density at radius 2 is 1.95 bits per heavy atom. The first-order valence-corrected chi connectivity index (χ1v) is 8.14. The van der Waals surface area contributed by atoms with Gasteiger partial charge in [-0.3, -0.25) is 0 Å². The van der Waals surface area contributed by atoms with Crippen molar-refractivity contribution in [3.05, 3.63) is 35.5 Å². The summed E-state index contributed by atoms with van der Waals surface area (Å²) in [6, 6.07) is 5.48. The van der Waals surface area contributed by atoms with E-state index in [2.05, 4.69) is 29.5 Å². The van der Waals surface area contributed by atoms with Crippen LogP contribution in [0, 0.1) is 0 Å². The Kier molecular flexibility index (Phi) is 4.21. The number of carboxylic acids is 1. The van der Waals surface area contributed by atoms with Gasteiger partial charge in [0.25, 0.3) is 0 Å². The summed E-state index contributed by atoms with van der Waals surface area (Å²) in [5.41, 5.74) is 2.75. The highest BCUT2D eigenvalue weighted by Gasteiger charge is 2.16. The first-order valence-electron chi connectivity index (χ1n) is 8.14. The molecule has 1 aromatic carbocycles. The van der Waals surface area contributed by atoms with E-state index in [0.29, 0.717) is 11.5 Å². The number of carbonyl (C=O) groups is 1. The molecule has 0 amide bonds. The quantitative estimate of drug-likeness (QED) is 0.918. The summed E-state index contributed by atoms with van der Waals surface area (Å²) in [7, 11) is 0. The minimum Gasteiger partial charge on any atom is -0.478 e. The summed E-state index contributed by atoms with van der Waals surface area (Å²) in [6.45, 7) is 8.77. The molecule has 1 fully saturated rings. The molecule has 3 rings (SSSR count). The molecule has 0 atom stereocenters. The summed E-state index contributed by atoms with van der Waals surface area (Å²) < 4.78 is 2.29. The van der Waals surface area contributed by atoms with E-state index < -0.39 is 5.97 Å². The maximum atomic E-state index is 11.2. The molecular weight excluding hydrogens is 276 g/mol. The molecule has 118 valence electrons. The molecular formula is C18H24N2O2. The molecule has 0 radical (unpaired) electrons. The molecule has 1 N–H and O–H groups in total. The van der Waals surface area contributed by atoms with Crippen molar-refractivity contribution in [1.82, 2.24) is 9.47 Å². The van der Waals surface area contributed by atoms with Crippen LogP contribution < -0.4 is 0 Å². The van der Waals surface area contributed by atoms with Crippen LogP contribution >= 0.6 is 0 Å². The standard InChI is InChI=1S/C18H24N2O2/c1-13(2)16-12-20(10-9-19-7-3-4-8-19)17-6-5-14(18(21)22)11-15(16)17/h5-6,11-13H,3-4,7-10H2,1-2H3,(H,21,22). The Morgan fingerprint density at radius 3 is 2.59 bits per heavy atom. The highest BCUT2D eigenvalue weighted by molar-refractivity contribution is 5.95. The number of aromatic nitrogens is 1. The molecule has 0 aliphatic carbocycles. The zero-order valence-corrected chi connectivity index (χ0v) is 13.4. The molecule has 1 aliphatic heterocycles. The van der Waals surface area contributed by atoms with E-state index in [9.17, 15) is 9.90 Å². The zero-order chi connectivity index (χ0) is 15.7. The molecule has 4 heteroatoms. The number of nitrogens with zero attached hydrogens (tertiary/aromatic N) is 2. The fraction of sp³-hybridized carbons (Fsp3) is 0.500. The summed E-state index contributed by atoms with van der Waals surface area (Å²) >= 11 is 0. The maximum absolute atomic E-state index is 11.2. The average Bonchev–Trinajstić information content (AvgIpc) is 3.12. The van der Waals surface area contributed by atoms with Crippen LogP contribution in [0.5, 0.6) is 0 Å². The largest absolute Gasteiger partial charge is 0.478 e. The van der Waals surface area contributed by atoms with Crippen molar-refractivity contribution in [3.63, 3.8) is 0 Å². The molecule has 22 heavy (non-hydrogen) atoms. The van der Waals surface area contributed by atoms with Crippen molar-refractivity contribution in [2.24, 2.45) is 0 Å². The second kappa shape index (κ2) is 6.13. The van der Waals surface area contributed by atoms with Crippen LogP contribution in [0.25, 0.3) is 10.9 Å². The number of likely N-dealkylation sites (tertiary alicyclic amines) is 1. The van der Waals surface area contributed by atoms with Gasteiger partial charge in [-0.2, -0.15) is 0 Å². The molecule has 2 heterocycles. The van der Waals surface area contributed by atoms with E-state index in [1.165, 1.54) is 31.5 Å². The Morgan fingerprint density at radius 1 is 1.23 bits per heavy atom. The highest BCUT2D eigenvalue weighted by atomic mass is 16.4. The number of fused-ring (bicyclic) bond motifs is 1. The van der Waals surface area contributed by atoms with Crippen molar-refractivity contribution in [3.8, 4) is 0 Å². The van der Waals surface area contributed by atoms with E-state index in [4.69, 9.17) is 0 Å². The van der Waals surface area contributed by atoms with Crippen molar-refractivity contribution in [1.29, 1.82) is 0 Å². The predicted molar refractivity (Wildman–Crippen MR) is 88.7 cm³/mol. The van der Waals surface area contributed by atoms with Gasteiger partial charge in [-0.25, -0.2) is 4.79 Å². The zero-order valence-electron chi connectivity index (χ0n) is 13.4. The number of benzene rings is 1. The van der Waals surface area contributed by atoms with Gasteiger partial charge in [-0.15, -0.1) is 0 Å². The normalized spacial score (nSPS) is 16.0. The van der Waals surface area contributed by atoms with Crippen LogP contribution in [-0.2, 0) is 6.54 Å². The Hall–Kier alpha value is -1.81. The van der Waals surface area contributed by atoms with Crippen molar-refractivity contribution >= 4 is 16.9 Å². The Balaban J connectivity index is 1.93. The van der Waals surface area contributed by atoms with Crippen LogP contribution in [0.1, 0.15) is 48.5 Å². The van der Waals surface area contributed by atoms with E-state index in [1.54, 1.807) is 6.07 Å². The summed E-state index contributed by atoms with van der Waals surface area (Å²) in [5.74, 6) is -0.471. The van der Waals surface area contributed by atoms with E-state index in [1.807, 2.05) is 12.1 Å². The Labute approximate surface area is 131 Å². The van der Waals surface area contributed by atoms with Gasteiger partial charge in [0.05, 0.1) is 5.56 Å². The number of rotatable bonds is 5. The lowest BCUT2D eigenvalue weighted by atomic mass is 10.0. The molecule has 0 bridgehead atoms. The number of aromatic carboxylic acids is 1. The molecule has 1 saturated heterocycles. The monoisotopic (exact) mass is 300 g/mol. The number of carboxylic acid groups (broad SMARTS) is 1. The molecule has 1 aromatic heterocycles. The van der Waals surface area contributed by atoms with Crippen molar-refractivity contribution in [2.75, 3.05) is 19.6 Å². The van der Waals surface area contributed by atoms with E-state index >= 15 is 0 Å². The summed E-state index contributed by atoms with van der Waals surface area (Å²) in [4.78, 5) is 13.7. The van der Waals surface area contributed by atoms with Crippen molar-refractivity contribution in [2.45, 2.75) is 39.2 Å².